The highest BCUT2D eigenvalue weighted by Gasteiger charge is 2.26. The molecule has 2 aliphatic heterocycles. The third-order valence-corrected chi connectivity index (χ3v) is 5.25. The first kappa shape index (κ1) is 18.7. The van der Waals surface area contributed by atoms with Gasteiger partial charge in [-0.2, -0.15) is 0 Å². The molecule has 150 valence electrons. The first-order chi connectivity index (χ1) is 13.7. The Morgan fingerprint density at radius 2 is 1.93 bits per heavy atom. The summed E-state index contributed by atoms with van der Waals surface area (Å²) in [6.07, 6.45) is 2.49. The molecule has 2 aromatic rings. The molecule has 1 atom stereocenters. The predicted molar refractivity (Wildman–Crippen MR) is 108 cm³/mol. The predicted octanol–water partition coefficient (Wildman–Crippen LogP) is 2.82. The fraction of sp³-hybridized carbons (Fsp3) is 0.476. The molecule has 1 unspecified atom stereocenters. The van der Waals surface area contributed by atoms with Crippen LogP contribution in [0, 0.1) is 6.92 Å². The van der Waals surface area contributed by atoms with E-state index in [0.29, 0.717) is 13.3 Å². The van der Waals surface area contributed by atoms with Crippen molar-refractivity contribution in [2.75, 3.05) is 33.5 Å². The lowest BCUT2D eigenvalue weighted by atomic mass is 10.2. The van der Waals surface area contributed by atoms with E-state index >= 15 is 0 Å². The maximum atomic E-state index is 5.93. The van der Waals surface area contributed by atoms with Gasteiger partial charge in [-0.25, -0.2) is 0 Å². The summed E-state index contributed by atoms with van der Waals surface area (Å²) in [5.41, 5.74) is 1.12. The quantitative estimate of drug-likeness (QED) is 0.590. The molecule has 2 aliphatic rings. The SMILES string of the molecule is CN=C(NCc1ccc2c(c1)OCO2)NCC(c1ccc(C)o1)N1CCCC1. The summed E-state index contributed by atoms with van der Waals surface area (Å²) < 4.78 is 16.7. The molecule has 0 amide bonds. The number of fused-ring (bicyclic) bond motifs is 1. The topological polar surface area (TPSA) is 71.3 Å². The van der Waals surface area contributed by atoms with E-state index in [1.54, 1.807) is 7.05 Å². The van der Waals surface area contributed by atoms with Crippen molar-refractivity contribution in [1.82, 2.24) is 15.5 Å². The van der Waals surface area contributed by atoms with E-state index in [2.05, 4.69) is 26.6 Å². The molecule has 2 N–H and O–H groups in total. The van der Waals surface area contributed by atoms with Crippen LogP contribution in [0.1, 0.15) is 36.0 Å². The van der Waals surface area contributed by atoms with E-state index < -0.39 is 0 Å². The Hall–Kier alpha value is -2.67. The third-order valence-electron chi connectivity index (χ3n) is 5.25. The van der Waals surface area contributed by atoms with Crippen molar-refractivity contribution in [3.8, 4) is 11.5 Å². The van der Waals surface area contributed by atoms with Crippen molar-refractivity contribution in [2.45, 2.75) is 32.4 Å². The van der Waals surface area contributed by atoms with Crippen LogP contribution >= 0.6 is 0 Å². The normalized spacial score (nSPS) is 17.7. The van der Waals surface area contributed by atoms with Gasteiger partial charge in [-0.15, -0.1) is 0 Å². The molecule has 0 saturated carbocycles. The highest BCUT2D eigenvalue weighted by atomic mass is 16.7. The van der Waals surface area contributed by atoms with Crippen LogP contribution in [0.2, 0.25) is 0 Å². The zero-order chi connectivity index (χ0) is 19.3. The van der Waals surface area contributed by atoms with Crippen LogP contribution in [0.15, 0.2) is 39.7 Å². The summed E-state index contributed by atoms with van der Waals surface area (Å²) in [5.74, 6) is 4.32. The standard InChI is InChI=1S/C21H28N4O3/c1-15-5-7-18(28-15)17(25-9-3-4-10-25)13-24-21(22-2)23-12-16-6-8-19-20(11-16)27-14-26-19/h5-8,11,17H,3-4,9-10,12-14H2,1-2H3,(H2,22,23,24). The summed E-state index contributed by atoms with van der Waals surface area (Å²) >= 11 is 0. The Labute approximate surface area is 165 Å². The van der Waals surface area contributed by atoms with Gasteiger partial charge in [0, 0.05) is 20.1 Å². The second kappa shape index (κ2) is 8.56. The first-order valence-corrected chi connectivity index (χ1v) is 9.86. The van der Waals surface area contributed by atoms with Gasteiger partial charge in [-0.1, -0.05) is 6.07 Å². The minimum atomic E-state index is 0.209. The van der Waals surface area contributed by atoms with Crippen LogP contribution < -0.4 is 20.1 Å². The Morgan fingerprint density at radius 1 is 1.11 bits per heavy atom. The summed E-state index contributed by atoms with van der Waals surface area (Å²) in [4.78, 5) is 6.84. The van der Waals surface area contributed by atoms with E-state index in [9.17, 15) is 0 Å². The van der Waals surface area contributed by atoms with Crippen molar-refractivity contribution in [2.24, 2.45) is 4.99 Å². The zero-order valence-corrected chi connectivity index (χ0v) is 16.5. The largest absolute Gasteiger partial charge is 0.465 e. The lowest BCUT2D eigenvalue weighted by Crippen LogP contribution is -2.42. The number of furan rings is 1. The number of benzene rings is 1. The number of likely N-dealkylation sites (tertiary alicyclic amines) is 1. The maximum Gasteiger partial charge on any atom is 0.231 e. The van der Waals surface area contributed by atoms with Gasteiger partial charge < -0.3 is 24.5 Å². The highest BCUT2D eigenvalue weighted by molar-refractivity contribution is 5.79. The minimum absolute atomic E-state index is 0.209. The van der Waals surface area contributed by atoms with E-state index in [1.165, 1.54) is 12.8 Å². The number of aryl methyl sites for hydroxylation is 1. The van der Waals surface area contributed by atoms with Gasteiger partial charge in [0.25, 0.3) is 0 Å². The average Bonchev–Trinajstić information content (AvgIpc) is 3.46. The van der Waals surface area contributed by atoms with Gasteiger partial charge in [-0.05, 0) is 62.7 Å². The number of nitrogens with zero attached hydrogens (tertiary/aromatic N) is 2. The van der Waals surface area contributed by atoms with Gasteiger partial charge in [-0.3, -0.25) is 9.89 Å². The number of nitrogens with one attached hydrogen (secondary N) is 2. The summed E-state index contributed by atoms with van der Waals surface area (Å²) in [5, 5.41) is 6.83. The van der Waals surface area contributed by atoms with Gasteiger partial charge in [0.15, 0.2) is 17.5 Å². The Kier molecular flexibility index (Phi) is 5.71. The summed E-state index contributed by atoms with van der Waals surface area (Å²) in [7, 11) is 1.79. The number of hydrogen-bond acceptors (Lipinski definition) is 5. The number of rotatable bonds is 6. The molecule has 1 aromatic heterocycles. The maximum absolute atomic E-state index is 5.93. The number of ether oxygens (including phenoxy) is 2. The van der Waals surface area contributed by atoms with Gasteiger partial charge in [0.05, 0.1) is 6.04 Å². The van der Waals surface area contributed by atoms with Gasteiger partial charge >= 0.3 is 0 Å². The van der Waals surface area contributed by atoms with Crippen molar-refractivity contribution in [3.05, 3.63) is 47.4 Å². The van der Waals surface area contributed by atoms with Crippen molar-refractivity contribution in [1.29, 1.82) is 0 Å². The Bertz CT molecular complexity index is 827. The molecule has 4 rings (SSSR count). The Morgan fingerprint density at radius 3 is 2.68 bits per heavy atom. The van der Waals surface area contributed by atoms with Gasteiger partial charge in [0.1, 0.15) is 11.5 Å². The van der Waals surface area contributed by atoms with Gasteiger partial charge in [0.2, 0.25) is 6.79 Å². The van der Waals surface area contributed by atoms with E-state index in [1.807, 2.05) is 31.2 Å². The molecule has 3 heterocycles. The molecule has 0 spiro atoms. The smallest absolute Gasteiger partial charge is 0.231 e. The van der Waals surface area contributed by atoms with E-state index in [-0.39, 0.29) is 6.04 Å². The zero-order valence-electron chi connectivity index (χ0n) is 16.5. The van der Waals surface area contributed by atoms with Crippen LogP contribution in [-0.2, 0) is 6.54 Å². The van der Waals surface area contributed by atoms with Crippen molar-refractivity contribution < 1.29 is 13.9 Å². The number of guanidine groups is 1. The molecule has 7 heteroatoms. The van der Waals surface area contributed by atoms with Crippen LogP contribution in [0.25, 0.3) is 0 Å². The lowest BCUT2D eigenvalue weighted by Gasteiger charge is -2.26. The summed E-state index contributed by atoms with van der Waals surface area (Å²) in [6.45, 7) is 5.90. The minimum Gasteiger partial charge on any atom is -0.465 e. The van der Waals surface area contributed by atoms with Crippen LogP contribution in [0.5, 0.6) is 11.5 Å². The highest BCUT2D eigenvalue weighted by Crippen LogP contribution is 2.32. The molecular formula is C21H28N4O3. The van der Waals surface area contributed by atoms with Crippen molar-refractivity contribution >= 4 is 5.96 Å². The number of aliphatic imine (C=N–C) groups is 1. The fourth-order valence-electron chi connectivity index (χ4n) is 3.75. The second-order valence-corrected chi connectivity index (χ2v) is 7.20. The van der Waals surface area contributed by atoms with Crippen LogP contribution in [0.4, 0.5) is 0 Å². The fourth-order valence-corrected chi connectivity index (χ4v) is 3.75. The Balaban J connectivity index is 1.35. The molecular weight excluding hydrogens is 356 g/mol. The molecule has 0 bridgehead atoms. The second-order valence-electron chi connectivity index (χ2n) is 7.20. The third kappa shape index (κ3) is 4.25. The first-order valence-electron chi connectivity index (χ1n) is 9.86. The number of hydrogen-bond donors (Lipinski definition) is 2. The van der Waals surface area contributed by atoms with E-state index in [4.69, 9.17) is 13.9 Å². The van der Waals surface area contributed by atoms with E-state index in [0.717, 1.165) is 54.2 Å². The molecule has 7 nitrogen and oxygen atoms in total. The lowest BCUT2D eigenvalue weighted by molar-refractivity contribution is 0.174. The molecule has 1 aromatic carbocycles. The van der Waals surface area contributed by atoms with Crippen LogP contribution in [0.3, 0.4) is 0 Å². The van der Waals surface area contributed by atoms with Crippen molar-refractivity contribution in [3.63, 3.8) is 0 Å². The average molecular weight is 384 g/mol. The molecule has 0 radical (unpaired) electrons. The van der Waals surface area contributed by atoms with Crippen LogP contribution in [-0.4, -0.2) is 44.3 Å². The molecule has 0 aliphatic carbocycles. The summed E-state index contributed by atoms with van der Waals surface area (Å²) in [6, 6.07) is 10.3. The molecule has 1 saturated heterocycles. The molecule has 1 fully saturated rings. The molecule has 28 heavy (non-hydrogen) atoms. The monoisotopic (exact) mass is 384 g/mol.